The summed E-state index contributed by atoms with van der Waals surface area (Å²) >= 11 is 0. The smallest absolute Gasteiger partial charge is 0.413 e. The van der Waals surface area contributed by atoms with Crippen LogP contribution in [0.2, 0.25) is 0 Å². The molecule has 5 rings (SSSR count). The molecule has 1 saturated carbocycles. The summed E-state index contributed by atoms with van der Waals surface area (Å²) in [6.45, 7) is 3.60. The van der Waals surface area contributed by atoms with Gasteiger partial charge in [0.05, 0.1) is 19.0 Å². The topological polar surface area (TPSA) is 147 Å². The predicted octanol–water partition coefficient (Wildman–Crippen LogP) is 2.59. The van der Waals surface area contributed by atoms with Crippen LogP contribution in [0.25, 0.3) is 0 Å². The van der Waals surface area contributed by atoms with E-state index in [1.165, 1.54) is 31.7 Å². The third-order valence-electron chi connectivity index (χ3n) is 7.59. The minimum absolute atomic E-state index is 0.0321. The number of carbonyl (C=O) groups excluding carboxylic acids is 2. The maximum atomic E-state index is 15.0. The molecule has 3 N–H and O–H groups in total. The highest BCUT2D eigenvalue weighted by molar-refractivity contribution is 5.88. The first kappa shape index (κ1) is 27.7. The summed E-state index contributed by atoms with van der Waals surface area (Å²) in [6.07, 6.45) is 4.85. The fraction of sp³-hybridized carbons (Fsp3) is 0.600. The first-order chi connectivity index (χ1) is 19.2. The van der Waals surface area contributed by atoms with Crippen LogP contribution in [0, 0.1) is 11.8 Å². The second-order valence-corrected chi connectivity index (χ2v) is 10.2. The number of hydrogen-bond donors (Lipinski definition) is 3. The van der Waals surface area contributed by atoms with Crippen molar-refractivity contribution in [2.24, 2.45) is 11.8 Å². The van der Waals surface area contributed by atoms with E-state index < -0.39 is 30.5 Å². The summed E-state index contributed by atoms with van der Waals surface area (Å²) in [6, 6.07) is -0.733. The predicted molar refractivity (Wildman–Crippen MR) is 141 cm³/mol. The Morgan fingerprint density at radius 1 is 1.15 bits per heavy atom. The molecular formula is C25H33F2N9O4. The molecule has 4 atom stereocenters. The van der Waals surface area contributed by atoms with Crippen molar-refractivity contribution < 1.29 is 27.8 Å². The highest BCUT2D eigenvalue weighted by Crippen LogP contribution is 2.36. The van der Waals surface area contributed by atoms with E-state index in [9.17, 15) is 18.4 Å². The Morgan fingerprint density at radius 3 is 2.62 bits per heavy atom. The van der Waals surface area contributed by atoms with Gasteiger partial charge >= 0.3 is 12.1 Å². The number of nitrogens with one attached hydrogen (secondary N) is 3. The number of anilines is 3. The van der Waals surface area contributed by atoms with Crippen LogP contribution in [-0.2, 0) is 4.74 Å². The maximum absolute atomic E-state index is 15.0. The van der Waals surface area contributed by atoms with Gasteiger partial charge in [-0.2, -0.15) is 4.98 Å². The molecule has 13 nitrogen and oxygen atoms in total. The number of amides is 3. The van der Waals surface area contributed by atoms with Crippen molar-refractivity contribution in [3.05, 3.63) is 24.7 Å². The number of nitrogens with zero attached hydrogens (tertiary/aromatic N) is 6. The number of rotatable bonds is 7. The summed E-state index contributed by atoms with van der Waals surface area (Å²) in [4.78, 5) is 44.5. The Bertz CT molecular complexity index is 1190. The maximum Gasteiger partial charge on any atom is 0.413 e. The highest BCUT2D eigenvalue weighted by Gasteiger charge is 2.48. The number of alkyl halides is 2. The first-order valence-corrected chi connectivity index (χ1v) is 13.4. The van der Waals surface area contributed by atoms with Crippen LogP contribution in [0.5, 0.6) is 5.88 Å². The van der Waals surface area contributed by atoms with Gasteiger partial charge in [0, 0.05) is 57.7 Å². The summed E-state index contributed by atoms with van der Waals surface area (Å²) in [7, 11) is 1.29. The number of aromatic nitrogens is 4. The Balaban J connectivity index is 1.21. The van der Waals surface area contributed by atoms with Gasteiger partial charge in [-0.1, -0.05) is 0 Å². The lowest BCUT2D eigenvalue weighted by atomic mass is 9.97. The van der Waals surface area contributed by atoms with Gasteiger partial charge in [-0.3, -0.25) is 10.6 Å². The van der Waals surface area contributed by atoms with Crippen molar-refractivity contribution in [2.45, 2.75) is 44.3 Å². The standard InChI is InChI=1S/C25H33F2N9O4/c1-3-39-20-13-30-19(12-31-20)33-23(37)35(2)17-14-36(9-7-25(17,26)27)22-29-8-6-18(32-22)34-24(38)40-21-15-4-5-16(21)11-28-10-15/h6,8,12-13,15-17,21,28H,3-5,7,9-11,14H2,1-2H3,(H,30,33,37)(H,29,32,34,38)/t15-,16+,17-,21?/m0/s1. The van der Waals surface area contributed by atoms with Crippen LogP contribution in [0.1, 0.15) is 26.2 Å². The molecule has 3 amide bonds. The van der Waals surface area contributed by atoms with E-state index in [1.807, 2.05) is 0 Å². The molecule has 2 aromatic heterocycles. The Morgan fingerprint density at radius 2 is 1.93 bits per heavy atom. The molecule has 1 unspecified atom stereocenters. The number of likely N-dealkylation sites (N-methyl/N-ethyl adjacent to an activating group) is 1. The lowest BCUT2D eigenvalue weighted by Gasteiger charge is -2.42. The third-order valence-corrected chi connectivity index (χ3v) is 7.59. The number of urea groups is 1. The zero-order chi connectivity index (χ0) is 28.3. The monoisotopic (exact) mass is 561 g/mol. The lowest BCUT2D eigenvalue weighted by Crippen LogP contribution is -2.60. The SMILES string of the molecule is CCOc1cnc(NC(=O)N(C)[C@H]2CN(c3nccc(NC(=O)OC4[C@@H]5CC[C@H]4CNC5)n3)CCC2(F)F)cn1. The van der Waals surface area contributed by atoms with Crippen molar-refractivity contribution in [1.82, 2.24) is 30.2 Å². The van der Waals surface area contributed by atoms with Gasteiger partial charge in [0.25, 0.3) is 5.92 Å². The van der Waals surface area contributed by atoms with Crippen molar-refractivity contribution in [1.29, 1.82) is 0 Å². The fourth-order valence-electron chi connectivity index (χ4n) is 5.47. The first-order valence-electron chi connectivity index (χ1n) is 13.4. The van der Waals surface area contributed by atoms with Gasteiger partial charge in [-0.15, -0.1) is 0 Å². The Labute approximate surface area is 230 Å². The fourth-order valence-corrected chi connectivity index (χ4v) is 5.47. The second-order valence-electron chi connectivity index (χ2n) is 10.2. The number of carbonyl (C=O) groups is 2. The highest BCUT2D eigenvalue weighted by atomic mass is 19.3. The Kier molecular flexibility index (Phi) is 8.09. The normalized spacial score (nSPS) is 25.1. The summed E-state index contributed by atoms with van der Waals surface area (Å²) in [5, 5.41) is 8.48. The number of halogens is 2. The quantitative estimate of drug-likeness (QED) is 0.461. The van der Waals surface area contributed by atoms with Gasteiger partial charge in [0.2, 0.25) is 11.8 Å². The summed E-state index contributed by atoms with van der Waals surface area (Å²) < 4.78 is 40.9. The molecule has 0 spiro atoms. The zero-order valence-electron chi connectivity index (χ0n) is 22.3. The average Bonchev–Trinajstić information content (AvgIpc) is 3.13. The van der Waals surface area contributed by atoms with E-state index in [1.54, 1.807) is 11.8 Å². The van der Waals surface area contributed by atoms with E-state index >= 15 is 0 Å². The van der Waals surface area contributed by atoms with E-state index in [2.05, 4.69) is 35.9 Å². The van der Waals surface area contributed by atoms with Crippen LogP contribution < -0.4 is 25.6 Å². The molecule has 2 saturated heterocycles. The summed E-state index contributed by atoms with van der Waals surface area (Å²) in [5.74, 6) is -1.81. The molecule has 2 aromatic rings. The lowest BCUT2D eigenvalue weighted by molar-refractivity contribution is -0.0760. The van der Waals surface area contributed by atoms with Crippen molar-refractivity contribution in [2.75, 3.05) is 55.4 Å². The Hall–Kier alpha value is -3.88. The molecule has 2 aliphatic heterocycles. The largest absolute Gasteiger partial charge is 0.477 e. The van der Waals surface area contributed by atoms with Gasteiger partial charge in [-0.05, 0) is 25.8 Å². The second kappa shape index (κ2) is 11.7. The van der Waals surface area contributed by atoms with E-state index in [0.717, 1.165) is 30.8 Å². The minimum Gasteiger partial charge on any atom is -0.477 e. The molecule has 3 fully saturated rings. The average molecular weight is 562 g/mol. The van der Waals surface area contributed by atoms with Crippen LogP contribution in [0.15, 0.2) is 24.7 Å². The van der Waals surface area contributed by atoms with Crippen molar-refractivity contribution in [3.8, 4) is 5.88 Å². The molecular weight excluding hydrogens is 528 g/mol. The molecule has 2 bridgehead atoms. The van der Waals surface area contributed by atoms with E-state index in [0.29, 0.717) is 18.4 Å². The molecule has 1 aliphatic carbocycles. The molecule has 15 heteroatoms. The van der Waals surface area contributed by atoms with Crippen LogP contribution in [-0.4, -0.2) is 94.9 Å². The number of ether oxygens (including phenoxy) is 2. The van der Waals surface area contributed by atoms with Crippen molar-refractivity contribution in [3.63, 3.8) is 0 Å². The van der Waals surface area contributed by atoms with E-state index in [-0.39, 0.29) is 42.7 Å². The van der Waals surface area contributed by atoms with Gasteiger partial charge < -0.3 is 24.6 Å². The summed E-state index contributed by atoms with van der Waals surface area (Å²) in [5.41, 5.74) is 0. The van der Waals surface area contributed by atoms with Gasteiger partial charge in [-0.25, -0.2) is 33.3 Å². The van der Waals surface area contributed by atoms with Crippen LogP contribution >= 0.6 is 0 Å². The molecule has 4 heterocycles. The number of hydrogen-bond acceptors (Lipinski definition) is 10. The molecule has 3 aliphatic rings. The van der Waals surface area contributed by atoms with Crippen LogP contribution in [0.4, 0.5) is 36.0 Å². The van der Waals surface area contributed by atoms with Gasteiger partial charge in [0.15, 0.2) is 5.82 Å². The molecule has 40 heavy (non-hydrogen) atoms. The zero-order valence-corrected chi connectivity index (χ0v) is 22.3. The van der Waals surface area contributed by atoms with Crippen molar-refractivity contribution >= 4 is 29.7 Å². The molecule has 0 aromatic carbocycles. The van der Waals surface area contributed by atoms with Crippen LogP contribution in [0.3, 0.4) is 0 Å². The third kappa shape index (κ3) is 6.13. The molecule has 0 radical (unpaired) electrons. The van der Waals surface area contributed by atoms with Gasteiger partial charge in [0.1, 0.15) is 18.0 Å². The van der Waals surface area contributed by atoms with E-state index in [4.69, 9.17) is 9.47 Å². The minimum atomic E-state index is -3.15. The molecule has 216 valence electrons. The number of piperidine rings is 2. The number of fused-ring (bicyclic) bond motifs is 2.